The van der Waals surface area contributed by atoms with Gasteiger partial charge in [0.05, 0.1) is 11.9 Å². The van der Waals surface area contributed by atoms with Crippen LogP contribution in [-0.2, 0) is 0 Å². The average Bonchev–Trinajstić information content (AvgIpc) is 2.87. The standard InChI is InChI=1S/C14H16F3N3O/c1-9(6-7-18)13-19-8-12(20-13)10-2-4-11(5-3-10)21-14(15,16)17/h2-5,8-9H,6-7,18H2,1H3,(H,19,20). The summed E-state index contributed by atoms with van der Waals surface area (Å²) in [7, 11) is 0. The van der Waals surface area contributed by atoms with Crippen molar-refractivity contribution in [1.29, 1.82) is 0 Å². The van der Waals surface area contributed by atoms with Crippen LogP contribution >= 0.6 is 0 Å². The highest BCUT2D eigenvalue weighted by Gasteiger charge is 2.30. The summed E-state index contributed by atoms with van der Waals surface area (Å²) in [6.07, 6.45) is -2.21. The van der Waals surface area contributed by atoms with Crippen molar-refractivity contribution in [2.24, 2.45) is 5.73 Å². The zero-order valence-electron chi connectivity index (χ0n) is 11.4. The van der Waals surface area contributed by atoms with Crippen LogP contribution in [0.5, 0.6) is 5.75 Å². The molecule has 114 valence electrons. The van der Waals surface area contributed by atoms with Gasteiger partial charge < -0.3 is 15.5 Å². The molecular weight excluding hydrogens is 283 g/mol. The summed E-state index contributed by atoms with van der Waals surface area (Å²) in [4.78, 5) is 7.42. The molecule has 0 spiro atoms. The third-order valence-electron chi connectivity index (χ3n) is 3.06. The van der Waals surface area contributed by atoms with Crippen molar-refractivity contribution < 1.29 is 17.9 Å². The Hall–Kier alpha value is -2.02. The minimum atomic E-state index is -4.68. The van der Waals surface area contributed by atoms with E-state index in [1.807, 2.05) is 6.92 Å². The molecular formula is C14H16F3N3O. The molecule has 0 aliphatic rings. The lowest BCUT2D eigenvalue weighted by Gasteiger charge is -2.09. The molecule has 7 heteroatoms. The van der Waals surface area contributed by atoms with Gasteiger partial charge in [0.1, 0.15) is 11.6 Å². The highest BCUT2D eigenvalue weighted by molar-refractivity contribution is 5.59. The molecule has 0 fully saturated rings. The van der Waals surface area contributed by atoms with E-state index in [1.165, 1.54) is 12.1 Å². The number of imidazole rings is 1. The SMILES string of the molecule is CC(CCN)c1ncc(-c2ccc(OC(F)(F)F)cc2)[nH]1. The topological polar surface area (TPSA) is 63.9 Å². The van der Waals surface area contributed by atoms with E-state index in [-0.39, 0.29) is 11.7 Å². The third kappa shape index (κ3) is 4.22. The maximum absolute atomic E-state index is 12.1. The minimum Gasteiger partial charge on any atom is -0.406 e. The van der Waals surface area contributed by atoms with Gasteiger partial charge in [0.25, 0.3) is 0 Å². The fourth-order valence-corrected chi connectivity index (χ4v) is 1.96. The number of ether oxygens (including phenoxy) is 1. The van der Waals surface area contributed by atoms with Gasteiger partial charge in [0, 0.05) is 5.92 Å². The molecule has 0 bridgehead atoms. The van der Waals surface area contributed by atoms with Crippen molar-refractivity contribution in [3.05, 3.63) is 36.3 Å². The largest absolute Gasteiger partial charge is 0.573 e. The van der Waals surface area contributed by atoms with E-state index in [9.17, 15) is 13.2 Å². The fourth-order valence-electron chi connectivity index (χ4n) is 1.96. The van der Waals surface area contributed by atoms with Crippen molar-refractivity contribution in [3.8, 4) is 17.0 Å². The number of hydrogen-bond acceptors (Lipinski definition) is 3. The Kier molecular flexibility index (Phi) is 4.52. The molecule has 1 aromatic carbocycles. The molecule has 0 aliphatic carbocycles. The van der Waals surface area contributed by atoms with Crippen LogP contribution in [0.4, 0.5) is 13.2 Å². The first-order valence-corrected chi connectivity index (χ1v) is 6.50. The molecule has 0 aliphatic heterocycles. The summed E-state index contributed by atoms with van der Waals surface area (Å²) in [5.74, 6) is 0.769. The molecule has 21 heavy (non-hydrogen) atoms. The maximum atomic E-state index is 12.1. The minimum absolute atomic E-state index is 0.205. The van der Waals surface area contributed by atoms with E-state index >= 15 is 0 Å². The van der Waals surface area contributed by atoms with Gasteiger partial charge in [-0.2, -0.15) is 0 Å². The van der Waals surface area contributed by atoms with Crippen LogP contribution in [0.15, 0.2) is 30.5 Å². The Morgan fingerprint density at radius 2 is 1.95 bits per heavy atom. The Labute approximate surface area is 120 Å². The van der Waals surface area contributed by atoms with E-state index in [2.05, 4.69) is 14.7 Å². The summed E-state index contributed by atoms with van der Waals surface area (Å²) in [6.45, 7) is 2.58. The van der Waals surface area contributed by atoms with Gasteiger partial charge in [-0.1, -0.05) is 6.92 Å². The summed E-state index contributed by atoms with van der Waals surface area (Å²) in [5, 5.41) is 0. The van der Waals surface area contributed by atoms with Gasteiger partial charge in [-0.15, -0.1) is 13.2 Å². The van der Waals surface area contributed by atoms with Crippen molar-refractivity contribution in [2.45, 2.75) is 25.6 Å². The van der Waals surface area contributed by atoms with Crippen LogP contribution in [0.2, 0.25) is 0 Å². The number of nitrogens with one attached hydrogen (secondary N) is 1. The fraction of sp³-hybridized carbons (Fsp3) is 0.357. The molecule has 0 saturated heterocycles. The molecule has 4 nitrogen and oxygen atoms in total. The first-order valence-electron chi connectivity index (χ1n) is 6.50. The van der Waals surface area contributed by atoms with Crippen LogP contribution < -0.4 is 10.5 Å². The number of aromatic amines is 1. The predicted octanol–water partition coefficient (Wildman–Crippen LogP) is 3.43. The van der Waals surface area contributed by atoms with Crippen molar-refractivity contribution >= 4 is 0 Å². The molecule has 2 aromatic rings. The number of nitrogens with two attached hydrogens (primary N) is 1. The van der Waals surface area contributed by atoms with Gasteiger partial charge in [0.2, 0.25) is 0 Å². The smallest absolute Gasteiger partial charge is 0.406 e. The number of aromatic nitrogens is 2. The number of rotatable bonds is 5. The Morgan fingerprint density at radius 3 is 2.52 bits per heavy atom. The van der Waals surface area contributed by atoms with Gasteiger partial charge in [-0.05, 0) is 42.8 Å². The van der Waals surface area contributed by atoms with Crippen LogP contribution in [0.25, 0.3) is 11.3 Å². The lowest BCUT2D eigenvalue weighted by Crippen LogP contribution is -2.16. The first kappa shape index (κ1) is 15.4. The highest BCUT2D eigenvalue weighted by atomic mass is 19.4. The zero-order valence-corrected chi connectivity index (χ0v) is 11.4. The number of alkyl halides is 3. The summed E-state index contributed by atoms with van der Waals surface area (Å²) in [5.41, 5.74) is 6.99. The molecule has 2 rings (SSSR count). The lowest BCUT2D eigenvalue weighted by molar-refractivity contribution is -0.274. The maximum Gasteiger partial charge on any atom is 0.573 e. The van der Waals surface area contributed by atoms with Crippen LogP contribution in [0, 0.1) is 0 Å². The first-order chi connectivity index (χ1) is 9.89. The Bertz CT molecular complexity index is 578. The monoisotopic (exact) mass is 299 g/mol. The normalized spacial score (nSPS) is 13.2. The van der Waals surface area contributed by atoms with Crippen LogP contribution in [-0.4, -0.2) is 22.9 Å². The summed E-state index contributed by atoms with van der Waals surface area (Å²) < 4.78 is 40.1. The molecule has 1 aromatic heterocycles. The summed E-state index contributed by atoms with van der Waals surface area (Å²) >= 11 is 0. The quantitative estimate of drug-likeness (QED) is 0.889. The molecule has 1 unspecified atom stereocenters. The molecule has 0 saturated carbocycles. The summed E-state index contributed by atoms with van der Waals surface area (Å²) in [6, 6.07) is 5.64. The highest BCUT2D eigenvalue weighted by Crippen LogP contribution is 2.26. The second-order valence-corrected chi connectivity index (χ2v) is 4.73. The number of benzene rings is 1. The predicted molar refractivity (Wildman–Crippen MR) is 72.8 cm³/mol. The average molecular weight is 299 g/mol. The second-order valence-electron chi connectivity index (χ2n) is 4.73. The number of hydrogen-bond donors (Lipinski definition) is 2. The van der Waals surface area contributed by atoms with E-state index in [1.54, 1.807) is 18.3 Å². The van der Waals surface area contributed by atoms with E-state index in [0.29, 0.717) is 6.54 Å². The van der Waals surface area contributed by atoms with E-state index in [4.69, 9.17) is 5.73 Å². The molecule has 0 amide bonds. The van der Waals surface area contributed by atoms with Gasteiger partial charge in [0.15, 0.2) is 0 Å². The van der Waals surface area contributed by atoms with E-state index < -0.39 is 6.36 Å². The molecule has 1 heterocycles. The Morgan fingerprint density at radius 1 is 1.29 bits per heavy atom. The third-order valence-corrected chi connectivity index (χ3v) is 3.06. The van der Waals surface area contributed by atoms with Crippen LogP contribution in [0.1, 0.15) is 25.1 Å². The number of nitrogens with zero attached hydrogens (tertiary/aromatic N) is 1. The zero-order chi connectivity index (χ0) is 15.5. The van der Waals surface area contributed by atoms with Crippen molar-refractivity contribution in [1.82, 2.24) is 9.97 Å². The van der Waals surface area contributed by atoms with Gasteiger partial charge in [-0.3, -0.25) is 0 Å². The second kappa shape index (κ2) is 6.17. The van der Waals surface area contributed by atoms with Gasteiger partial charge in [-0.25, -0.2) is 4.98 Å². The number of H-pyrrole nitrogens is 1. The van der Waals surface area contributed by atoms with E-state index in [0.717, 1.165) is 23.5 Å². The van der Waals surface area contributed by atoms with Crippen LogP contribution in [0.3, 0.4) is 0 Å². The Balaban J connectivity index is 2.12. The van der Waals surface area contributed by atoms with Gasteiger partial charge >= 0.3 is 6.36 Å². The lowest BCUT2D eigenvalue weighted by atomic mass is 10.1. The molecule has 3 N–H and O–H groups in total. The number of halogens is 3. The van der Waals surface area contributed by atoms with Crippen molar-refractivity contribution in [2.75, 3.05) is 6.54 Å². The molecule has 1 atom stereocenters. The van der Waals surface area contributed by atoms with Crippen molar-refractivity contribution in [3.63, 3.8) is 0 Å². The molecule has 0 radical (unpaired) electrons.